The Morgan fingerprint density at radius 1 is 1.09 bits per heavy atom. The Morgan fingerprint density at radius 2 is 1.88 bits per heavy atom. The van der Waals surface area contributed by atoms with Gasteiger partial charge in [0.05, 0.1) is 5.69 Å². The smallest absolute Gasteiger partial charge is 0.264 e. The Kier molecular flexibility index (Phi) is 6.31. The van der Waals surface area contributed by atoms with Crippen LogP contribution in [0.2, 0.25) is 0 Å². The van der Waals surface area contributed by atoms with E-state index in [0.29, 0.717) is 17.0 Å². The zero-order valence-corrected chi connectivity index (χ0v) is 19.4. The average molecular weight is 445 g/mol. The third kappa shape index (κ3) is 4.53. The molecular formula is C26H28N4O3. The molecule has 0 radical (unpaired) electrons. The maximum atomic E-state index is 13.4. The van der Waals surface area contributed by atoms with Gasteiger partial charge in [0.25, 0.3) is 5.91 Å². The fourth-order valence-electron chi connectivity index (χ4n) is 3.98. The largest absolute Gasteiger partial charge is 0.436 e. The molecule has 2 amide bonds. The summed E-state index contributed by atoms with van der Waals surface area (Å²) in [5, 5.41) is 2.96. The monoisotopic (exact) mass is 444 g/mol. The second-order valence-electron chi connectivity index (χ2n) is 8.04. The molecule has 0 unspecified atom stereocenters. The summed E-state index contributed by atoms with van der Waals surface area (Å²) in [4.78, 5) is 34.3. The maximum Gasteiger partial charge on any atom is 0.264 e. The summed E-state index contributed by atoms with van der Waals surface area (Å²) in [6, 6.07) is 14.8. The molecule has 1 aliphatic rings. The maximum absolute atomic E-state index is 13.4. The lowest BCUT2D eigenvalue weighted by Crippen LogP contribution is -2.38. The minimum atomic E-state index is -0.328. The van der Waals surface area contributed by atoms with Gasteiger partial charge < -0.3 is 15.0 Å². The fourth-order valence-corrected chi connectivity index (χ4v) is 3.98. The van der Waals surface area contributed by atoms with Crippen LogP contribution in [0.25, 0.3) is 0 Å². The van der Waals surface area contributed by atoms with Crippen molar-refractivity contribution >= 4 is 28.9 Å². The van der Waals surface area contributed by atoms with Crippen molar-refractivity contribution in [1.29, 1.82) is 0 Å². The van der Waals surface area contributed by atoms with E-state index in [2.05, 4.69) is 35.1 Å². The summed E-state index contributed by atoms with van der Waals surface area (Å²) in [5.41, 5.74) is 4.62. The number of aromatic nitrogens is 1. The zero-order chi connectivity index (χ0) is 23.5. The molecule has 0 atom stereocenters. The van der Waals surface area contributed by atoms with Crippen molar-refractivity contribution in [1.82, 2.24) is 4.98 Å². The predicted octanol–water partition coefficient (Wildman–Crippen LogP) is 4.94. The van der Waals surface area contributed by atoms with Gasteiger partial charge >= 0.3 is 0 Å². The van der Waals surface area contributed by atoms with Gasteiger partial charge in [-0.2, -0.15) is 0 Å². The third-order valence-electron chi connectivity index (χ3n) is 5.77. The minimum absolute atomic E-state index is 0.149. The molecule has 1 aliphatic heterocycles. The predicted molar refractivity (Wildman–Crippen MR) is 131 cm³/mol. The van der Waals surface area contributed by atoms with Crippen LogP contribution in [0.1, 0.15) is 35.3 Å². The summed E-state index contributed by atoms with van der Waals surface area (Å²) < 4.78 is 5.92. The van der Waals surface area contributed by atoms with Gasteiger partial charge in [-0.3, -0.25) is 14.5 Å². The van der Waals surface area contributed by atoms with Crippen LogP contribution >= 0.6 is 0 Å². The molecule has 0 saturated heterocycles. The van der Waals surface area contributed by atoms with Crippen molar-refractivity contribution in [2.45, 2.75) is 27.7 Å². The summed E-state index contributed by atoms with van der Waals surface area (Å²) >= 11 is 0. The number of carbonyl (C=O) groups is 2. The van der Waals surface area contributed by atoms with E-state index in [1.165, 1.54) is 4.90 Å². The first-order valence-electron chi connectivity index (χ1n) is 11.1. The Morgan fingerprint density at radius 3 is 2.61 bits per heavy atom. The lowest BCUT2D eigenvalue weighted by molar-refractivity contribution is -0.114. The van der Waals surface area contributed by atoms with E-state index < -0.39 is 0 Å². The Hall–Kier alpha value is -3.87. The van der Waals surface area contributed by atoms with Crippen LogP contribution in [0.4, 0.5) is 17.1 Å². The van der Waals surface area contributed by atoms with Crippen LogP contribution in [-0.2, 0) is 4.79 Å². The molecule has 0 spiro atoms. The van der Waals surface area contributed by atoms with Gasteiger partial charge in [0.1, 0.15) is 12.1 Å². The molecule has 7 nitrogen and oxygen atoms in total. The van der Waals surface area contributed by atoms with E-state index in [1.807, 2.05) is 38.1 Å². The second-order valence-corrected chi connectivity index (χ2v) is 8.04. The molecule has 33 heavy (non-hydrogen) atoms. The van der Waals surface area contributed by atoms with Gasteiger partial charge in [-0.15, -0.1) is 0 Å². The van der Waals surface area contributed by atoms with Crippen LogP contribution < -0.4 is 19.9 Å². The molecule has 0 aliphatic carbocycles. The number of benzene rings is 2. The number of hydrogen-bond acceptors (Lipinski definition) is 5. The van der Waals surface area contributed by atoms with Crippen LogP contribution in [0, 0.1) is 13.8 Å². The van der Waals surface area contributed by atoms with Crippen LogP contribution in [-0.4, -0.2) is 36.4 Å². The van der Waals surface area contributed by atoms with E-state index in [4.69, 9.17) is 4.74 Å². The highest BCUT2D eigenvalue weighted by molar-refractivity contribution is 6.12. The van der Waals surface area contributed by atoms with Gasteiger partial charge in [0.15, 0.2) is 5.75 Å². The third-order valence-corrected chi connectivity index (χ3v) is 5.77. The minimum Gasteiger partial charge on any atom is -0.436 e. The van der Waals surface area contributed by atoms with E-state index in [0.717, 1.165) is 35.6 Å². The number of carbonyl (C=O) groups excluding carboxylic acids is 2. The number of pyridine rings is 1. The van der Waals surface area contributed by atoms with Gasteiger partial charge in [-0.05, 0) is 81.3 Å². The summed E-state index contributed by atoms with van der Waals surface area (Å²) in [6.45, 7) is 9.80. The summed E-state index contributed by atoms with van der Waals surface area (Å²) in [6.07, 6.45) is 1.58. The standard InChI is InChI=1S/C26H28N4O3/c1-5-29(6-2)19-10-11-21(18(4)15-19)28-24(31)16-30-22-14-17(3)9-12-23(22)33-25-20(26(30)32)8-7-13-27-25/h7-15H,5-6,16H2,1-4H3,(H,28,31). The quantitative estimate of drug-likeness (QED) is 0.583. The fraction of sp³-hybridized carbons (Fsp3) is 0.269. The highest BCUT2D eigenvalue weighted by atomic mass is 16.5. The number of aryl methyl sites for hydroxylation is 2. The highest BCUT2D eigenvalue weighted by Crippen LogP contribution is 2.38. The number of fused-ring (bicyclic) bond motifs is 2. The van der Waals surface area contributed by atoms with E-state index in [9.17, 15) is 9.59 Å². The molecule has 1 N–H and O–H groups in total. The number of anilines is 3. The van der Waals surface area contributed by atoms with Crippen molar-refractivity contribution in [2.24, 2.45) is 0 Å². The van der Waals surface area contributed by atoms with Gasteiger partial charge in [-0.25, -0.2) is 4.98 Å². The van der Waals surface area contributed by atoms with Gasteiger partial charge in [0, 0.05) is 30.7 Å². The van der Waals surface area contributed by atoms with Crippen molar-refractivity contribution in [2.75, 3.05) is 34.8 Å². The number of nitrogens with zero attached hydrogens (tertiary/aromatic N) is 3. The van der Waals surface area contributed by atoms with Crippen molar-refractivity contribution in [3.8, 4) is 11.6 Å². The average Bonchev–Trinajstić information content (AvgIpc) is 2.91. The molecule has 2 aromatic carbocycles. The normalized spacial score (nSPS) is 12.4. The molecule has 0 saturated carbocycles. The molecule has 7 heteroatoms. The lowest BCUT2D eigenvalue weighted by atomic mass is 10.1. The second kappa shape index (κ2) is 9.32. The van der Waals surface area contributed by atoms with Crippen molar-refractivity contribution in [3.05, 3.63) is 71.4 Å². The molecule has 0 fully saturated rings. The molecule has 4 rings (SSSR count). The number of rotatable bonds is 6. The summed E-state index contributed by atoms with van der Waals surface area (Å²) in [5.74, 6) is 0.102. The van der Waals surface area contributed by atoms with E-state index in [1.54, 1.807) is 24.4 Å². The van der Waals surface area contributed by atoms with Crippen LogP contribution in [0.5, 0.6) is 11.6 Å². The van der Waals surface area contributed by atoms with E-state index in [-0.39, 0.29) is 24.2 Å². The first-order chi connectivity index (χ1) is 15.9. The van der Waals surface area contributed by atoms with E-state index >= 15 is 0 Å². The number of amides is 2. The Bertz CT molecular complexity index is 1200. The molecule has 2 heterocycles. The van der Waals surface area contributed by atoms with Crippen molar-refractivity contribution < 1.29 is 14.3 Å². The number of hydrogen-bond donors (Lipinski definition) is 1. The SMILES string of the molecule is CCN(CC)c1ccc(NC(=O)CN2C(=O)c3cccnc3Oc3ccc(C)cc32)c(C)c1. The number of ether oxygens (including phenoxy) is 1. The van der Waals surface area contributed by atoms with Gasteiger partial charge in [-0.1, -0.05) is 6.07 Å². The molecule has 3 aromatic rings. The van der Waals surface area contributed by atoms with Crippen LogP contribution in [0.3, 0.4) is 0 Å². The Labute approximate surface area is 194 Å². The molecule has 170 valence electrons. The Balaban J connectivity index is 1.61. The number of nitrogens with one attached hydrogen (secondary N) is 1. The van der Waals surface area contributed by atoms with Crippen LogP contribution in [0.15, 0.2) is 54.7 Å². The molecule has 1 aromatic heterocycles. The summed E-state index contributed by atoms with van der Waals surface area (Å²) in [7, 11) is 0. The lowest BCUT2D eigenvalue weighted by Gasteiger charge is -2.23. The van der Waals surface area contributed by atoms with Crippen molar-refractivity contribution in [3.63, 3.8) is 0 Å². The zero-order valence-electron chi connectivity index (χ0n) is 19.4. The molecule has 0 bridgehead atoms. The highest BCUT2D eigenvalue weighted by Gasteiger charge is 2.30. The first-order valence-corrected chi connectivity index (χ1v) is 11.1. The van der Waals surface area contributed by atoms with Gasteiger partial charge in [0.2, 0.25) is 11.8 Å². The first kappa shape index (κ1) is 22.3. The molecular weight excluding hydrogens is 416 g/mol. The topological polar surface area (TPSA) is 74.8 Å².